The van der Waals surface area contributed by atoms with E-state index in [1.807, 2.05) is 0 Å². The van der Waals surface area contributed by atoms with E-state index in [0.29, 0.717) is 0 Å². The maximum absolute atomic E-state index is 6.17. The first-order valence-electron chi connectivity index (χ1n) is 5.42. The number of nitrogens with two attached hydrogens (primary N) is 1. The molecular weight excluding hydrogens is 182 g/mol. The van der Waals surface area contributed by atoms with Crippen LogP contribution in [-0.2, 0) is 0 Å². The van der Waals surface area contributed by atoms with Gasteiger partial charge in [-0.2, -0.15) is 0 Å². The molecule has 0 aliphatic rings. The molecule has 0 spiro atoms. The van der Waals surface area contributed by atoms with E-state index < -0.39 is 0 Å². The van der Waals surface area contributed by atoms with E-state index in [1.54, 1.807) is 0 Å². The molecule has 1 rings (SSSR count). The molecule has 1 atom stereocenters. The third-order valence-corrected chi connectivity index (χ3v) is 2.75. The molecule has 0 saturated heterocycles. The molecule has 1 unspecified atom stereocenters. The molecule has 0 aromatic heterocycles. The average Bonchev–Trinajstić information content (AvgIpc) is 2.18. The standard InChI is InChI=1S/C14H19N/c1-4-5-6-10-13(15)14-11(2)8-7-9-12(14)3/h1,7-9,13H,5-6,10,15H2,2-3H3. The van der Waals surface area contributed by atoms with Crippen LogP contribution in [0.3, 0.4) is 0 Å². The maximum atomic E-state index is 6.17. The van der Waals surface area contributed by atoms with Crippen molar-refractivity contribution in [3.05, 3.63) is 34.9 Å². The van der Waals surface area contributed by atoms with Crippen molar-refractivity contribution in [2.45, 2.75) is 39.2 Å². The van der Waals surface area contributed by atoms with Gasteiger partial charge in [0.2, 0.25) is 0 Å². The molecule has 0 bridgehead atoms. The highest BCUT2D eigenvalue weighted by Crippen LogP contribution is 2.23. The van der Waals surface area contributed by atoms with Crippen LogP contribution in [0.4, 0.5) is 0 Å². The molecule has 1 heteroatoms. The molecule has 0 aliphatic carbocycles. The monoisotopic (exact) mass is 201 g/mol. The van der Waals surface area contributed by atoms with Gasteiger partial charge in [-0.05, 0) is 43.4 Å². The van der Waals surface area contributed by atoms with Crippen LogP contribution in [0.5, 0.6) is 0 Å². The van der Waals surface area contributed by atoms with Crippen molar-refractivity contribution < 1.29 is 0 Å². The minimum absolute atomic E-state index is 0.125. The minimum atomic E-state index is 0.125. The second-order valence-corrected chi connectivity index (χ2v) is 4.01. The van der Waals surface area contributed by atoms with Crippen LogP contribution in [0, 0.1) is 26.2 Å². The van der Waals surface area contributed by atoms with Crippen LogP contribution < -0.4 is 5.73 Å². The fourth-order valence-electron chi connectivity index (χ4n) is 1.98. The summed E-state index contributed by atoms with van der Waals surface area (Å²) in [6, 6.07) is 6.43. The number of rotatable bonds is 4. The Bertz CT molecular complexity index is 340. The molecular formula is C14H19N. The highest BCUT2D eigenvalue weighted by Gasteiger charge is 2.10. The van der Waals surface area contributed by atoms with Gasteiger partial charge >= 0.3 is 0 Å². The summed E-state index contributed by atoms with van der Waals surface area (Å²) in [5, 5.41) is 0. The SMILES string of the molecule is C#CCCCC(N)c1c(C)cccc1C. The van der Waals surface area contributed by atoms with Gasteiger partial charge in [-0.1, -0.05) is 18.2 Å². The number of hydrogen-bond donors (Lipinski definition) is 1. The summed E-state index contributed by atoms with van der Waals surface area (Å²) in [4.78, 5) is 0. The lowest BCUT2D eigenvalue weighted by molar-refractivity contribution is 0.615. The number of aryl methyl sites for hydroxylation is 2. The second-order valence-electron chi connectivity index (χ2n) is 4.01. The van der Waals surface area contributed by atoms with Crippen molar-refractivity contribution in [2.24, 2.45) is 5.73 Å². The molecule has 1 aromatic rings. The Balaban J connectivity index is 2.73. The van der Waals surface area contributed by atoms with Crippen LogP contribution in [0.15, 0.2) is 18.2 Å². The zero-order valence-electron chi connectivity index (χ0n) is 9.59. The first-order valence-corrected chi connectivity index (χ1v) is 5.42. The van der Waals surface area contributed by atoms with E-state index in [2.05, 4.69) is 38.0 Å². The van der Waals surface area contributed by atoms with E-state index in [9.17, 15) is 0 Å². The second kappa shape index (κ2) is 5.58. The van der Waals surface area contributed by atoms with E-state index in [1.165, 1.54) is 16.7 Å². The molecule has 0 heterocycles. The molecule has 0 amide bonds. The number of hydrogen-bond acceptors (Lipinski definition) is 1. The smallest absolute Gasteiger partial charge is 0.0300 e. The quantitative estimate of drug-likeness (QED) is 0.588. The third kappa shape index (κ3) is 3.11. The summed E-state index contributed by atoms with van der Waals surface area (Å²) in [5.74, 6) is 2.65. The van der Waals surface area contributed by atoms with Gasteiger partial charge in [0.1, 0.15) is 0 Å². The third-order valence-electron chi connectivity index (χ3n) is 2.75. The van der Waals surface area contributed by atoms with Gasteiger partial charge in [0, 0.05) is 12.5 Å². The van der Waals surface area contributed by atoms with Crippen LogP contribution in [0.2, 0.25) is 0 Å². The van der Waals surface area contributed by atoms with Crippen molar-refractivity contribution in [3.8, 4) is 12.3 Å². The first kappa shape index (κ1) is 11.8. The predicted molar refractivity (Wildman–Crippen MR) is 65.5 cm³/mol. The Morgan fingerprint density at radius 2 is 1.93 bits per heavy atom. The minimum Gasteiger partial charge on any atom is -0.324 e. The molecule has 0 radical (unpaired) electrons. The van der Waals surface area contributed by atoms with Gasteiger partial charge < -0.3 is 5.73 Å². The molecule has 1 aromatic carbocycles. The summed E-state index contributed by atoms with van der Waals surface area (Å²) < 4.78 is 0. The van der Waals surface area contributed by atoms with E-state index in [0.717, 1.165) is 19.3 Å². The average molecular weight is 201 g/mol. The molecule has 2 N–H and O–H groups in total. The lowest BCUT2D eigenvalue weighted by atomic mass is 9.93. The molecule has 0 aliphatic heterocycles. The zero-order valence-corrected chi connectivity index (χ0v) is 9.59. The van der Waals surface area contributed by atoms with Crippen molar-refractivity contribution >= 4 is 0 Å². The zero-order chi connectivity index (χ0) is 11.3. The van der Waals surface area contributed by atoms with Crippen LogP contribution >= 0.6 is 0 Å². The van der Waals surface area contributed by atoms with E-state index in [-0.39, 0.29) is 6.04 Å². The Kier molecular flexibility index (Phi) is 4.39. The van der Waals surface area contributed by atoms with E-state index >= 15 is 0 Å². The van der Waals surface area contributed by atoms with Crippen molar-refractivity contribution in [2.75, 3.05) is 0 Å². The summed E-state index contributed by atoms with van der Waals surface area (Å²) >= 11 is 0. The number of benzene rings is 1. The van der Waals surface area contributed by atoms with Gasteiger partial charge in [0.15, 0.2) is 0 Å². The molecule has 15 heavy (non-hydrogen) atoms. The van der Waals surface area contributed by atoms with Crippen molar-refractivity contribution in [3.63, 3.8) is 0 Å². The molecule has 80 valence electrons. The fraction of sp³-hybridized carbons (Fsp3) is 0.429. The summed E-state index contributed by atoms with van der Waals surface area (Å²) in [6.45, 7) is 4.23. The van der Waals surface area contributed by atoms with Crippen LogP contribution in [-0.4, -0.2) is 0 Å². The van der Waals surface area contributed by atoms with Crippen LogP contribution in [0.25, 0.3) is 0 Å². The normalized spacial score (nSPS) is 12.1. The summed E-state index contributed by atoms with van der Waals surface area (Å²) in [7, 11) is 0. The lowest BCUT2D eigenvalue weighted by Gasteiger charge is -2.16. The van der Waals surface area contributed by atoms with Gasteiger partial charge in [0.05, 0.1) is 0 Å². The van der Waals surface area contributed by atoms with Gasteiger partial charge in [-0.25, -0.2) is 0 Å². The largest absolute Gasteiger partial charge is 0.324 e. The maximum Gasteiger partial charge on any atom is 0.0300 e. The Morgan fingerprint density at radius 1 is 1.33 bits per heavy atom. The molecule has 1 nitrogen and oxygen atoms in total. The van der Waals surface area contributed by atoms with Gasteiger partial charge in [0.25, 0.3) is 0 Å². The van der Waals surface area contributed by atoms with Crippen LogP contribution in [0.1, 0.15) is 42.0 Å². The Labute approximate surface area is 92.7 Å². The fourth-order valence-corrected chi connectivity index (χ4v) is 1.98. The van der Waals surface area contributed by atoms with E-state index in [4.69, 9.17) is 12.2 Å². The first-order chi connectivity index (χ1) is 7.16. The highest BCUT2D eigenvalue weighted by atomic mass is 14.6. The molecule has 0 saturated carbocycles. The summed E-state index contributed by atoms with van der Waals surface area (Å²) in [6.07, 6.45) is 8.01. The summed E-state index contributed by atoms with van der Waals surface area (Å²) in [5.41, 5.74) is 10.0. The molecule has 0 fully saturated rings. The van der Waals surface area contributed by atoms with Crippen molar-refractivity contribution in [1.29, 1.82) is 0 Å². The number of terminal acetylenes is 1. The number of unbranched alkanes of at least 4 members (excludes halogenated alkanes) is 1. The topological polar surface area (TPSA) is 26.0 Å². The Hall–Kier alpha value is -1.26. The Morgan fingerprint density at radius 3 is 2.47 bits per heavy atom. The van der Waals surface area contributed by atoms with Gasteiger partial charge in [-0.3, -0.25) is 0 Å². The van der Waals surface area contributed by atoms with Crippen molar-refractivity contribution in [1.82, 2.24) is 0 Å². The highest BCUT2D eigenvalue weighted by molar-refractivity contribution is 5.35. The predicted octanol–water partition coefficient (Wildman–Crippen LogP) is 3.11. The van der Waals surface area contributed by atoms with Gasteiger partial charge in [-0.15, -0.1) is 12.3 Å². The lowest BCUT2D eigenvalue weighted by Crippen LogP contribution is -2.13.